The third kappa shape index (κ3) is 2.08. The van der Waals surface area contributed by atoms with E-state index in [2.05, 4.69) is 11.2 Å². The Bertz CT molecular complexity index is 157. The van der Waals surface area contributed by atoms with Crippen LogP contribution in [0.1, 0.15) is 6.92 Å². The maximum atomic E-state index is 11.8. The predicted octanol–water partition coefficient (Wildman–Crippen LogP) is 0.776. The molecule has 50 valence electrons. The molecule has 0 spiro atoms. The molecule has 4 heteroatoms. The van der Waals surface area contributed by atoms with Crippen molar-refractivity contribution in [2.75, 3.05) is 0 Å². The fourth-order valence-corrected chi connectivity index (χ4v) is 0.146. The van der Waals surface area contributed by atoms with Crippen molar-refractivity contribution in [1.29, 1.82) is 0 Å². The Morgan fingerprint density at radius 2 is 2.22 bits per heavy atom. The largest absolute Gasteiger partial charge is 0.468 e. The lowest BCUT2D eigenvalue weighted by Crippen LogP contribution is -2.27. The zero-order valence-electron chi connectivity index (χ0n) is 4.65. The molecule has 0 aromatic carbocycles. The molecule has 0 N–H and O–H groups in total. The van der Waals surface area contributed by atoms with Crippen molar-refractivity contribution in [3.05, 3.63) is 0 Å². The summed E-state index contributed by atoms with van der Waals surface area (Å²) in [4.78, 5) is 9.88. The standard InChI is InChI=1S/C5H4F2O2/c1-3-9-5(6,7)4(2)8/h1H,2H3. The average molecular weight is 134 g/mol. The summed E-state index contributed by atoms with van der Waals surface area (Å²) >= 11 is 0. The molecule has 0 fully saturated rings. The van der Waals surface area contributed by atoms with Crippen LogP contribution >= 0.6 is 0 Å². The summed E-state index contributed by atoms with van der Waals surface area (Å²) in [5.41, 5.74) is 0. The second-order valence-corrected chi connectivity index (χ2v) is 1.29. The van der Waals surface area contributed by atoms with Gasteiger partial charge >= 0.3 is 6.11 Å². The van der Waals surface area contributed by atoms with Gasteiger partial charge in [-0.2, -0.15) is 8.78 Å². The van der Waals surface area contributed by atoms with Crippen LogP contribution in [-0.4, -0.2) is 11.9 Å². The fourth-order valence-electron chi connectivity index (χ4n) is 0.146. The highest BCUT2D eigenvalue weighted by atomic mass is 19.3. The topological polar surface area (TPSA) is 26.3 Å². The average Bonchev–Trinajstić information content (AvgIpc) is 1.65. The Balaban J connectivity index is 4.06. The number of ether oxygens (including phenoxy) is 1. The number of carbonyl (C=O) groups excluding carboxylic acids is 1. The van der Waals surface area contributed by atoms with Crippen LogP contribution in [0, 0.1) is 12.5 Å². The third-order valence-corrected chi connectivity index (χ3v) is 0.597. The van der Waals surface area contributed by atoms with Crippen LogP contribution in [0.25, 0.3) is 0 Å². The normalized spacial score (nSPS) is 10.0. The number of hydrogen-bond acceptors (Lipinski definition) is 2. The zero-order valence-corrected chi connectivity index (χ0v) is 4.65. The molecule has 2 nitrogen and oxygen atoms in total. The van der Waals surface area contributed by atoms with E-state index >= 15 is 0 Å². The van der Waals surface area contributed by atoms with E-state index in [9.17, 15) is 13.6 Å². The van der Waals surface area contributed by atoms with Crippen molar-refractivity contribution in [2.45, 2.75) is 13.0 Å². The van der Waals surface area contributed by atoms with Gasteiger partial charge in [0.2, 0.25) is 5.78 Å². The molecule has 0 radical (unpaired) electrons. The predicted molar refractivity (Wildman–Crippen MR) is 25.5 cm³/mol. The van der Waals surface area contributed by atoms with Crippen molar-refractivity contribution >= 4 is 5.78 Å². The van der Waals surface area contributed by atoms with Gasteiger partial charge in [0.1, 0.15) is 6.11 Å². The summed E-state index contributed by atoms with van der Waals surface area (Å²) in [6, 6.07) is 0. The van der Waals surface area contributed by atoms with E-state index < -0.39 is 11.9 Å². The molecule has 0 aliphatic rings. The number of ketones is 1. The van der Waals surface area contributed by atoms with Crippen LogP contribution in [0.3, 0.4) is 0 Å². The minimum absolute atomic E-state index is 0.692. The maximum absolute atomic E-state index is 11.8. The first kappa shape index (κ1) is 7.89. The summed E-state index contributed by atoms with van der Waals surface area (Å²) in [5, 5.41) is 0. The summed E-state index contributed by atoms with van der Waals surface area (Å²) in [7, 11) is 0. The highest BCUT2D eigenvalue weighted by Gasteiger charge is 2.37. The minimum Gasteiger partial charge on any atom is -0.374 e. The van der Waals surface area contributed by atoms with Crippen LogP contribution in [0.15, 0.2) is 0 Å². The van der Waals surface area contributed by atoms with Gasteiger partial charge in [0.05, 0.1) is 0 Å². The summed E-state index contributed by atoms with van der Waals surface area (Å²) in [5.74, 6) is -1.40. The summed E-state index contributed by atoms with van der Waals surface area (Å²) in [6.07, 6.45) is 1.74. The van der Waals surface area contributed by atoms with Crippen LogP contribution in [0.5, 0.6) is 0 Å². The van der Waals surface area contributed by atoms with E-state index in [0.717, 1.165) is 0 Å². The van der Waals surface area contributed by atoms with Crippen molar-refractivity contribution in [3.8, 4) is 12.5 Å². The van der Waals surface area contributed by atoms with Crippen molar-refractivity contribution in [3.63, 3.8) is 0 Å². The highest BCUT2D eigenvalue weighted by Crippen LogP contribution is 2.14. The lowest BCUT2D eigenvalue weighted by atomic mass is 10.4. The van der Waals surface area contributed by atoms with Crippen LogP contribution in [-0.2, 0) is 9.53 Å². The molecule has 0 aliphatic heterocycles. The van der Waals surface area contributed by atoms with E-state index in [1.165, 1.54) is 6.11 Å². The van der Waals surface area contributed by atoms with E-state index in [1.54, 1.807) is 0 Å². The molecule has 0 aromatic heterocycles. The SMILES string of the molecule is C#COC(F)(F)C(C)=O. The van der Waals surface area contributed by atoms with Gasteiger partial charge in [0.25, 0.3) is 0 Å². The molecule has 0 unspecified atom stereocenters. The van der Waals surface area contributed by atoms with E-state index in [0.29, 0.717) is 6.92 Å². The van der Waals surface area contributed by atoms with Crippen LogP contribution in [0.2, 0.25) is 0 Å². The van der Waals surface area contributed by atoms with Crippen LogP contribution in [0.4, 0.5) is 8.78 Å². The van der Waals surface area contributed by atoms with Crippen molar-refractivity contribution < 1.29 is 18.3 Å². The Kier molecular flexibility index (Phi) is 2.14. The molecular formula is C5H4F2O2. The second kappa shape index (κ2) is 2.44. The lowest BCUT2D eigenvalue weighted by molar-refractivity contribution is -0.198. The summed E-state index contributed by atoms with van der Waals surface area (Å²) in [6.45, 7) is 0.692. The first-order valence-corrected chi connectivity index (χ1v) is 2.03. The van der Waals surface area contributed by atoms with Gasteiger partial charge in [-0.1, -0.05) is 6.42 Å². The lowest BCUT2D eigenvalue weighted by Gasteiger charge is -2.06. The van der Waals surface area contributed by atoms with Gasteiger partial charge in [-0.15, -0.1) is 0 Å². The Morgan fingerprint density at radius 1 is 1.78 bits per heavy atom. The zero-order chi connectivity index (χ0) is 7.49. The van der Waals surface area contributed by atoms with Crippen LogP contribution < -0.4 is 0 Å². The summed E-state index contributed by atoms with van der Waals surface area (Å²) < 4.78 is 27.0. The highest BCUT2D eigenvalue weighted by molar-refractivity contribution is 5.81. The molecule has 0 amide bonds. The number of carbonyl (C=O) groups is 1. The fraction of sp³-hybridized carbons (Fsp3) is 0.400. The molecule has 0 aliphatic carbocycles. The molecule has 0 aromatic rings. The van der Waals surface area contributed by atoms with Crippen molar-refractivity contribution in [1.82, 2.24) is 0 Å². The van der Waals surface area contributed by atoms with Gasteiger partial charge in [-0.05, 0) is 0 Å². The minimum atomic E-state index is -3.82. The molecule has 9 heavy (non-hydrogen) atoms. The smallest absolute Gasteiger partial charge is 0.374 e. The molecule has 0 saturated heterocycles. The van der Waals surface area contributed by atoms with Gasteiger partial charge < -0.3 is 4.74 Å². The number of terminal acetylenes is 1. The third-order valence-electron chi connectivity index (χ3n) is 0.597. The molecule has 0 rings (SSSR count). The number of rotatable bonds is 2. The molecule has 0 bridgehead atoms. The van der Waals surface area contributed by atoms with Gasteiger partial charge in [-0.3, -0.25) is 4.79 Å². The Morgan fingerprint density at radius 3 is 2.33 bits per heavy atom. The van der Waals surface area contributed by atoms with Gasteiger partial charge in [-0.25, -0.2) is 0 Å². The number of Topliss-reactive ketones (excluding diaryl/α,β-unsaturated/α-hetero) is 1. The molecule has 0 saturated carbocycles. The van der Waals surface area contributed by atoms with E-state index in [1.807, 2.05) is 0 Å². The maximum Gasteiger partial charge on any atom is 0.468 e. The van der Waals surface area contributed by atoms with Gasteiger partial charge in [0, 0.05) is 6.92 Å². The van der Waals surface area contributed by atoms with E-state index in [-0.39, 0.29) is 0 Å². The molecule has 0 heterocycles. The number of hydrogen-bond donors (Lipinski definition) is 0. The number of halogens is 2. The second-order valence-electron chi connectivity index (χ2n) is 1.29. The number of alkyl halides is 2. The monoisotopic (exact) mass is 134 g/mol. The molecule has 0 atom stereocenters. The first-order valence-electron chi connectivity index (χ1n) is 2.03. The van der Waals surface area contributed by atoms with Gasteiger partial charge in [0.15, 0.2) is 0 Å². The van der Waals surface area contributed by atoms with Crippen molar-refractivity contribution in [2.24, 2.45) is 0 Å². The first-order chi connectivity index (χ1) is 4.00. The Hall–Kier alpha value is -1.11. The Labute approximate surface area is 50.8 Å². The molecular weight excluding hydrogens is 130 g/mol. The quantitative estimate of drug-likeness (QED) is 0.521. The van der Waals surface area contributed by atoms with E-state index in [4.69, 9.17) is 0 Å².